The summed E-state index contributed by atoms with van der Waals surface area (Å²) in [6.07, 6.45) is 0.164. The average Bonchev–Trinajstić information content (AvgIpc) is 3.66. The number of rotatable bonds is 9. The molecule has 44 heavy (non-hydrogen) atoms. The molecule has 8 nitrogen and oxygen atoms in total. The van der Waals surface area contributed by atoms with Crippen molar-refractivity contribution < 1.29 is 24.2 Å². The Hall–Kier alpha value is -4.33. The van der Waals surface area contributed by atoms with Crippen molar-refractivity contribution in [3.05, 3.63) is 94.0 Å². The van der Waals surface area contributed by atoms with E-state index in [1.165, 1.54) is 0 Å². The number of hydrogen-bond donors (Lipinski definition) is 3. The highest BCUT2D eigenvalue weighted by Gasteiger charge is 2.48. The highest BCUT2D eigenvalue weighted by Crippen LogP contribution is 2.41. The molecule has 0 aromatic heterocycles. The van der Waals surface area contributed by atoms with E-state index < -0.39 is 23.8 Å². The number of nitrogens with one attached hydrogen (secondary N) is 2. The first kappa shape index (κ1) is 32.6. The first-order chi connectivity index (χ1) is 20.6. The Morgan fingerprint density at radius 3 is 2.09 bits per heavy atom. The molecule has 4 atom stereocenters. The van der Waals surface area contributed by atoms with Gasteiger partial charge in [-0.25, -0.2) is 4.79 Å². The van der Waals surface area contributed by atoms with E-state index in [-0.39, 0.29) is 35.9 Å². The molecule has 3 amide bonds. The standard InChI is InChI=1S/C36H45N3O5/c1-21-12-15-27(18-24(21)4)32(33(41)38-31-22(2)10-9-11-23(31)3)39(30-19-25(30)5)34(42)29(37-35(43)44-36(6,7)8)20-26-13-16-28(40)17-14-26/h9-18,25,29-30,32,40H,19-20H2,1-8H3,(H,37,43)(H,38,41). The minimum Gasteiger partial charge on any atom is -0.508 e. The number of phenols is 1. The molecule has 0 saturated heterocycles. The second-order valence-corrected chi connectivity index (χ2v) is 13.1. The molecule has 1 aliphatic carbocycles. The van der Waals surface area contributed by atoms with Crippen LogP contribution < -0.4 is 10.6 Å². The second kappa shape index (κ2) is 13.1. The molecule has 0 aliphatic heterocycles. The lowest BCUT2D eigenvalue weighted by Crippen LogP contribution is -2.54. The van der Waals surface area contributed by atoms with Crippen LogP contribution in [-0.2, 0) is 20.7 Å². The molecule has 0 radical (unpaired) electrons. The topological polar surface area (TPSA) is 108 Å². The molecule has 1 fully saturated rings. The Balaban J connectivity index is 1.79. The normalized spacial score (nSPS) is 17.3. The number of ether oxygens (including phenoxy) is 1. The fourth-order valence-corrected chi connectivity index (χ4v) is 5.45. The van der Waals surface area contributed by atoms with Crippen molar-refractivity contribution >= 4 is 23.6 Å². The third-order valence-corrected chi connectivity index (χ3v) is 8.15. The molecule has 1 saturated carbocycles. The lowest BCUT2D eigenvalue weighted by molar-refractivity contribution is -0.141. The maximum Gasteiger partial charge on any atom is 0.408 e. The van der Waals surface area contributed by atoms with Crippen LogP contribution in [-0.4, -0.2) is 45.6 Å². The minimum absolute atomic E-state index is 0.100. The fourth-order valence-electron chi connectivity index (χ4n) is 5.45. The van der Waals surface area contributed by atoms with E-state index in [0.717, 1.165) is 39.9 Å². The third-order valence-electron chi connectivity index (χ3n) is 8.15. The van der Waals surface area contributed by atoms with Gasteiger partial charge < -0.3 is 25.4 Å². The first-order valence-corrected chi connectivity index (χ1v) is 15.2. The lowest BCUT2D eigenvalue weighted by atomic mass is 9.96. The number of phenolic OH excluding ortho intramolecular Hbond substituents is 1. The van der Waals surface area contributed by atoms with Crippen molar-refractivity contribution in [3.8, 4) is 5.75 Å². The van der Waals surface area contributed by atoms with Crippen LogP contribution >= 0.6 is 0 Å². The van der Waals surface area contributed by atoms with E-state index in [4.69, 9.17) is 4.74 Å². The Morgan fingerprint density at radius 1 is 0.932 bits per heavy atom. The number of aryl methyl sites for hydroxylation is 4. The smallest absolute Gasteiger partial charge is 0.408 e. The van der Waals surface area contributed by atoms with Gasteiger partial charge in [0.1, 0.15) is 23.4 Å². The number of para-hydroxylation sites is 1. The number of amides is 3. The van der Waals surface area contributed by atoms with Gasteiger partial charge in [-0.05, 0) is 106 Å². The van der Waals surface area contributed by atoms with Crippen LogP contribution in [0.3, 0.4) is 0 Å². The Labute approximate surface area is 260 Å². The van der Waals surface area contributed by atoms with Gasteiger partial charge in [0.2, 0.25) is 5.91 Å². The minimum atomic E-state index is -1.02. The number of hydrogen-bond acceptors (Lipinski definition) is 5. The predicted octanol–water partition coefficient (Wildman–Crippen LogP) is 6.68. The van der Waals surface area contributed by atoms with Gasteiger partial charge in [0.25, 0.3) is 5.91 Å². The van der Waals surface area contributed by atoms with Crippen LogP contribution in [0.1, 0.15) is 73.5 Å². The molecule has 1 aliphatic rings. The number of alkyl carbamates (subject to hydrolysis) is 1. The summed E-state index contributed by atoms with van der Waals surface area (Å²) in [4.78, 5) is 43.8. The summed E-state index contributed by atoms with van der Waals surface area (Å²) in [6, 6.07) is 16.0. The maximum absolute atomic E-state index is 14.7. The summed E-state index contributed by atoms with van der Waals surface area (Å²) in [5, 5.41) is 15.8. The van der Waals surface area contributed by atoms with Crippen molar-refractivity contribution in [2.45, 2.75) is 92.0 Å². The molecule has 4 rings (SSSR count). The van der Waals surface area contributed by atoms with E-state index in [9.17, 15) is 19.5 Å². The summed E-state index contributed by atoms with van der Waals surface area (Å²) >= 11 is 0. The number of aromatic hydroxyl groups is 1. The summed E-state index contributed by atoms with van der Waals surface area (Å²) in [5.41, 5.74) is 5.32. The molecule has 3 N–H and O–H groups in total. The molecule has 0 spiro atoms. The van der Waals surface area contributed by atoms with Crippen LogP contribution in [0.5, 0.6) is 5.75 Å². The summed E-state index contributed by atoms with van der Waals surface area (Å²) in [6.45, 7) is 15.2. The molecule has 234 valence electrons. The Kier molecular flexibility index (Phi) is 9.72. The van der Waals surface area contributed by atoms with Gasteiger partial charge in [-0.15, -0.1) is 0 Å². The molecule has 0 bridgehead atoms. The zero-order valence-electron chi connectivity index (χ0n) is 27.0. The summed E-state index contributed by atoms with van der Waals surface area (Å²) in [7, 11) is 0. The monoisotopic (exact) mass is 599 g/mol. The highest BCUT2D eigenvalue weighted by molar-refractivity contribution is 6.00. The number of benzene rings is 3. The van der Waals surface area contributed by atoms with Gasteiger partial charge >= 0.3 is 6.09 Å². The first-order valence-electron chi connectivity index (χ1n) is 15.2. The van der Waals surface area contributed by atoms with Gasteiger partial charge in [-0.1, -0.05) is 55.5 Å². The van der Waals surface area contributed by atoms with Crippen molar-refractivity contribution in [2.24, 2.45) is 5.92 Å². The van der Waals surface area contributed by atoms with Crippen LogP contribution in [0, 0.1) is 33.6 Å². The molecule has 8 heteroatoms. The molecular formula is C36H45N3O5. The highest BCUT2D eigenvalue weighted by atomic mass is 16.6. The van der Waals surface area contributed by atoms with Gasteiger partial charge in [0, 0.05) is 18.2 Å². The van der Waals surface area contributed by atoms with Gasteiger partial charge in [0.15, 0.2) is 0 Å². The zero-order chi connectivity index (χ0) is 32.3. The summed E-state index contributed by atoms with van der Waals surface area (Å²) in [5.74, 6) is -0.420. The van der Waals surface area contributed by atoms with Crippen LogP contribution in [0.25, 0.3) is 0 Å². The molecule has 3 aromatic carbocycles. The van der Waals surface area contributed by atoms with E-state index >= 15 is 0 Å². The van der Waals surface area contributed by atoms with E-state index in [1.54, 1.807) is 49.9 Å². The Bertz CT molecular complexity index is 1510. The number of anilines is 1. The third kappa shape index (κ3) is 7.98. The number of nitrogens with zero attached hydrogens (tertiary/aromatic N) is 1. The van der Waals surface area contributed by atoms with Crippen molar-refractivity contribution in [1.82, 2.24) is 10.2 Å². The SMILES string of the molecule is Cc1ccc(C(C(=O)Nc2c(C)cccc2C)N(C(=O)C(Cc2ccc(O)cc2)NC(=O)OC(C)(C)C)C2CC2C)cc1C. The van der Waals surface area contributed by atoms with Gasteiger partial charge in [-0.3, -0.25) is 9.59 Å². The largest absolute Gasteiger partial charge is 0.508 e. The van der Waals surface area contributed by atoms with E-state index in [1.807, 2.05) is 64.1 Å². The predicted molar refractivity (Wildman–Crippen MR) is 173 cm³/mol. The van der Waals surface area contributed by atoms with Gasteiger partial charge in [0.05, 0.1) is 0 Å². The molecule has 3 aromatic rings. The van der Waals surface area contributed by atoms with Crippen LogP contribution in [0.4, 0.5) is 10.5 Å². The summed E-state index contributed by atoms with van der Waals surface area (Å²) < 4.78 is 5.54. The maximum atomic E-state index is 14.7. The van der Waals surface area contributed by atoms with E-state index in [0.29, 0.717) is 5.56 Å². The van der Waals surface area contributed by atoms with Crippen LogP contribution in [0.15, 0.2) is 60.7 Å². The number of carbonyl (C=O) groups is 3. The molecular weight excluding hydrogens is 554 g/mol. The van der Waals surface area contributed by atoms with Crippen molar-refractivity contribution in [3.63, 3.8) is 0 Å². The zero-order valence-corrected chi connectivity index (χ0v) is 27.0. The Morgan fingerprint density at radius 2 is 1.55 bits per heavy atom. The average molecular weight is 600 g/mol. The van der Waals surface area contributed by atoms with Crippen molar-refractivity contribution in [2.75, 3.05) is 5.32 Å². The van der Waals surface area contributed by atoms with Gasteiger partial charge in [-0.2, -0.15) is 0 Å². The second-order valence-electron chi connectivity index (χ2n) is 13.1. The molecule has 4 unspecified atom stereocenters. The molecule has 0 heterocycles. The number of carbonyl (C=O) groups excluding carboxylic acids is 3. The lowest BCUT2D eigenvalue weighted by Gasteiger charge is -2.35. The quantitative estimate of drug-likeness (QED) is 0.254. The van der Waals surface area contributed by atoms with E-state index in [2.05, 4.69) is 17.6 Å². The fraction of sp³-hybridized carbons (Fsp3) is 0.417. The van der Waals surface area contributed by atoms with Crippen molar-refractivity contribution in [1.29, 1.82) is 0 Å². The van der Waals surface area contributed by atoms with Crippen LogP contribution in [0.2, 0.25) is 0 Å².